The van der Waals surface area contributed by atoms with Crippen LogP contribution >= 0.6 is 7.60 Å². The van der Waals surface area contributed by atoms with Crippen LogP contribution in [0, 0.1) is 0 Å². The number of ether oxygens (including phenoxy) is 2. The molecular weight excluding hydrogens is 327 g/mol. The fourth-order valence-electron chi connectivity index (χ4n) is 2.21. The summed E-state index contributed by atoms with van der Waals surface area (Å²) in [6, 6.07) is 0. The van der Waals surface area contributed by atoms with E-state index in [1.54, 1.807) is 0 Å². The fourth-order valence-corrected chi connectivity index (χ4v) is 3.36. The van der Waals surface area contributed by atoms with Crippen LogP contribution in [0.5, 0.6) is 0 Å². The van der Waals surface area contributed by atoms with Crippen molar-refractivity contribution in [3.05, 3.63) is 0 Å². The average Bonchev–Trinajstić information content (AvgIpc) is 2.55. The minimum Gasteiger partial charge on any atom is -0.379 e. The minimum atomic E-state index is -3.50. The Morgan fingerprint density at radius 2 is 1.50 bits per heavy atom. The molecule has 0 aliphatic heterocycles. The zero-order chi connectivity index (χ0) is 18.1. The standard InChI is InChI=1S/C18H39O5P/c1-4-7-10-11-13-21-16-18(22-14-9-6-3)17-23-24(19,20)15-12-8-5-2/h18H,4-17H2,1-3H3,(H,19,20)/t18-/m1/s1. The Bertz CT molecular complexity index is 312. The van der Waals surface area contributed by atoms with E-state index in [0.29, 0.717) is 19.8 Å². The number of hydrogen-bond donors (Lipinski definition) is 1. The van der Waals surface area contributed by atoms with Crippen molar-refractivity contribution in [2.45, 2.75) is 84.7 Å². The average molecular weight is 366 g/mol. The van der Waals surface area contributed by atoms with Crippen molar-refractivity contribution in [1.82, 2.24) is 0 Å². The van der Waals surface area contributed by atoms with Crippen LogP contribution < -0.4 is 0 Å². The van der Waals surface area contributed by atoms with E-state index < -0.39 is 7.60 Å². The summed E-state index contributed by atoms with van der Waals surface area (Å²) >= 11 is 0. The van der Waals surface area contributed by atoms with E-state index in [4.69, 9.17) is 14.0 Å². The van der Waals surface area contributed by atoms with Gasteiger partial charge in [0.15, 0.2) is 0 Å². The van der Waals surface area contributed by atoms with Crippen molar-refractivity contribution in [2.24, 2.45) is 0 Å². The highest BCUT2D eigenvalue weighted by atomic mass is 31.2. The summed E-state index contributed by atoms with van der Waals surface area (Å²) in [6.45, 7) is 8.25. The van der Waals surface area contributed by atoms with E-state index in [-0.39, 0.29) is 18.9 Å². The number of unbranched alkanes of at least 4 members (excludes halogenated alkanes) is 6. The quantitative estimate of drug-likeness (QED) is 0.268. The van der Waals surface area contributed by atoms with Gasteiger partial charge in [0.2, 0.25) is 0 Å². The Balaban J connectivity index is 4.07. The molecule has 0 radical (unpaired) electrons. The monoisotopic (exact) mass is 366 g/mol. The van der Waals surface area contributed by atoms with Crippen LogP contribution in [0.4, 0.5) is 0 Å². The Kier molecular flexibility index (Phi) is 16.6. The molecule has 1 N–H and O–H groups in total. The summed E-state index contributed by atoms with van der Waals surface area (Å²) in [6.07, 6.45) is 9.34. The molecular formula is C18H39O5P. The molecule has 0 aromatic rings. The Morgan fingerprint density at radius 3 is 2.17 bits per heavy atom. The highest BCUT2D eigenvalue weighted by Gasteiger charge is 2.21. The first-order valence-corrected chi connectivity index (χ1v) is 11.5. The summed E-state index contributed by atoms with van der Waals surface area (Å²) in [5, 5.41) is 0. The Morgan fingerprint density at radius 1 is 0.833 bits per heavy atom. The van der Waals surface area contributed by atoms with Crippen LogP contribution in [0.1, 0.15) is 78.6 Å². The van der Waals surface area contributed by atoms with Gasteiger partial charge in [-0.15, -0.1) is 0 Å². The lowest BCUT2D eigenvalue weighted by Crippen LogP contribution is -2.26. The van der Waals surface area contributed by atoms with Crippen LogP contribution in [0.15, 0.2) is 0 Å². The molecule has 0 heterocycles. The van der Waals surface area contributed by atoms with Crippen LogP contribution in [-0.4, -0.2) is 43.6 Å². The van der Waals surface area contributed by atoms with Crippen molar-refractivity contribution < 1.29 is 23.5 Å². The largest absolute Gasteiger partial charge is 0.379 e. The summed E-state index contributed by atoms with van der Waals surface area (Å²) in [7, 11) is -3.50. The molecule has 6 heteroatoms. The first-order valence-electron chi connectivity index (χ1n) is 9.71. The van der Waals surface area contributed by atoms with Crippen molar-refractivity contribution in [3.63, 3.8) is 0 Å². The molecule has 146 valence electrons. The van der Waals surface area contributed by atoms with Gasteiger partial charge in [0.25, 0.3) is 0 Å². The van der Waals surface area contributed by atoms with E-state index in [2.05, 4.69) is 20.8 Å². The molecule has 0 aromatic carbocycles. The van der Waals surface area contributed by atoms with Crippen molar-refractivity contribution in [3.8, 4) is 0 Å². The van der Waals surface area contributed by atoms with Crippen molar-refractivity contribution in [2.75, 3.05) is 32.6 Å². The number of rotatable bonds is 18. The van der Waals surface area contributed by atoms with Gasteiger partial charge in [0.05, 0.1) is 13.2 Å². The maximum absolute atomic E-state index is 12.0. The van der Waals surface area contributed by atoms with Gasteiger partial charge in [-0.3, -0.25) is 4.57 Å². The molecule has 0 rings (SSSR count). The van der Waals surface area contributed by atoms with Gasteiger partial charge in [-0.25, -0.2) is 0 Å². The molecule has 24 heavy (non-hydrogen) atoms. The molecule has 0 saturated heterocycles. The van der Waals surface area contributed by atoms with Gasteiger partial charge < -0.3 is 18.9 Å². The molecule has 0 spiro atoms. The Labute approximate surface area is 149 Å². The zero-order valence-corrected chi connectivity index (χ0v) is 16.9. The molecule has 0 aromatic heterocycles. The third kappa shape index (κ3) is 15.6. The normalized spacial score (nSPS) is 15.3. The summed E-state index contributed by atoms with van der Waals surface area (Å²) < 4.78 is 28.7. The molecule has 0 aliphatic rings. The van der Waals surface area contributed by atoms with Gasteiger partial charge in [-0.1, -0.05) is 59.3 Å². The maximum Gasteiger partial charge on any atom is 0.328 e. The third-order valence-corrected chi connectivity index (χ3v) is 5.24. The number of hydrogen-bond acceptors (Lipinski definition) is 4. The van der Waals surface area contributed by atoms with Gasteiger partial charge in [-0.2, -0.15) is 0 Å². The highest BCUT2D eigenvalue weighted by molar-refractivity contribution is 7.52. The van der Waals surface area contributed by atoms with E-state index in [1.807, 2.05) is 0 Å². The van der Waals surface area contributed by atoms with Gasteiger partial charge >= 0.3 is 7.60 Å². The van der Waals surface area contributed by atoms with E-state index in [1.165, 1.54) is 19.3 Å². The van der Waals surface area contributed by atoms with Gasteiger partial charge in [0, 0.05) is 19.4 Å². The predicted molar refractivity (Wildman–Crippen MR) is 99.8 cm³/mol. The molecule has 0 saturated carbocycles. The first kappa shape index (κ1) is 24.1. The topological polar surface area (TPSA) is 65.0 Å². The molecule has 0 bridgehead atoms. The molecule has 1 unspecified atom stereocenters. The first-order chi connectivity index (χ1) is 11.6. The van der Waals surface area contributed by atoms with E-state index >= 15 is 0 Å². The molecule has 0 amide bonds. The van der Waals surface area contributed by atoms with Crippen LogP contribution in [-0.2, 0) is 18.6 Å². The lowest BCUT2D eigenvalue weighted by atomic mass is 10.2. The lowest BCUT2D eigenvalue weighted by Gasteiger charge is -2.20. The summed E-state index contributed by atoms with van der Waals surface area (Å²) in [5.74, 6) is 0. The van der Waals surface area contributed by atoms with Gasteiger partial charge in [0.1, 0.15) is 6.10 Å². The zero-order valence-electron chi connectivity index (χ0n) is 16.0. The van der Waals surface area contributed by atoms with Crippen LogP contribution in [0.2, 0.25) is 0 Å². The predicted octanol–water partition coefficient (Wildman–Crippen LogP) is 5.16. The highest BCUT2D eigenvalue weighted by Crippen LogP contribution is 2.43. The molecule has 0 aliphatic carbocycles. The maximum atomic E-state index is 12.0. The SMILES string of the molecule is CCCCCCOC[C@H](COP(=O)(O)CCCCC)OCCCC. The molecule has 2 atom stereocenters. The second-order valence-electron chi connectivity index (χ2n) is 6.35. The lowest BCUT2D eigenvalue weighted by molar-refractivity contribution is -0.0400. The second kappa shape index (κ2) is 16.5. The molecule has 5 nitrogen and oxygen atoms in total. The third-order valence-electron chi connectivity index (χ3n) is 3.80. The van der Waals surface area contributed by atoms with Crippen LogP contribution in [0.3, 0.4) is 0 Å². The van der Waals surface area contributed by atoms with Crippen molar-refractivity contribution in [1.29, 1.82) is 0 Å². The minimum absolute atomic E-state index is 0.124. The van der Waals surface area contributed by atoms with E-state index in [9.17, 15) is 9.46 Å². The summed E-state index contributed by atoms with van der Waals surface area (Å²) in [4.78, 5) is 9.87. The van der Waals surface area contributed by atoms with Crippen LogP contribution in [0.25, 0.3) is 0 Å². The second-order valence-corrected chi connectivity index (χ2v) is 8.33. The smallest absolute Gasteiger partial charge is 0.328 e. The fraction of sp³-hybridized carbons (Fsp3) is 1.00. The van der Waals surface area contributed by atoms with Gasteiger partial charge in [-0.05, 0) is 19.3 Å². The summed E-state index contributed by atoms with van der Waals surface area (Å²) in [5.41, 5.74) is 0. The molecule has 0 fully saturated rings. The van der Waals surface area contributed by atoms with E-state index in [0.717, 1.165) is 38.5 Å². The van der Waals surface area contributed by atoms with Crippen molar-refractivity contribution >= 4 is 7.60 Å². The Hall–Kier alpha value is 0.0700.